The van der Waals surface area contributed by atoms with Crippen LogP contribution in [0.5, 0.6) is 5.75 Å². The highest BCUT2D eigenvalue weighted by molar-refractivity contribution is 7.12. The van der Waals surface area contributed by atoms with Crippen LogP contribution in [0.4, 0.5) is 14.0 Å². The summed E-state index contributed by atoms with van der Waals surface area (Å²) in [5.41, 5.74) is 4.66. The summed E-state index contributed by atoms with van der Waals surface area (Å²) in [6.07, 6.45) is 6.76. The van der Waals surface area contributed by atoms with Gasteiger partial charge >= 0.3 is 12.2 Å². The fraction of sp³-hybridized carbons (Fsp3) is 0.481. The summed E-state index contributed by atoms with van der Waals surface area (Å²) in [7, 11) is 2.58. The Hall–Kier alpha value is -6.73. The predicted molar refractivity (Wildman–Crippen MR) is 271 cm³/mol. The van der Waals surface area contributed by atoms with Gasteiger partial charge < -0.3 is 49.3 Å². The molecule has 9 atom stereocenters. The van der Waals surface area contributed by atoms with Crippen molar-refractivity contribution in [3.8, 4) is 39.5 Å². The molecule has 19 heteroatoms. The van der Waals surface area contributed by atoms with Gasteiger partial charge in [-0.1, -0.05) is 26.8 Å². The highest BCUT2D eigenvalue weighted by Gasteiger charge is 2.57. The fourth-order valence-corrected chi connectivity index (χ4v) is 12.9. The molecule has 384 valence electrons. The highest BCUT2D eigenvalue weighted by Crippen LogP contribution is 2.54. The Balaban J connectivity index is 0.893. The number of nitrogens with one attached hydrogen (secondary N) is 4. The molecule has 5 aliphatic rings. The fourth-order valence-electron chi connectivity index (χ4n) is 12.0. The molecule has 0 radical (unpaired) electrons. The number of fused-ring (bicyclic) bond motifs is 6. The number of aromatic amines is 2. The molecule has 4 aromatic heterocycles. The number of nitrogens with zero attached hydrogens (tertiary/aromatic N) is 5. The van der Waals surface area contributed by atoms with E-state index in [0.717, 1.165) is 52.7 Å². The molecule has 2 aromatic carbocycles. The average molecular weight is 1020 g/mol. The minimum atomic E-state index is -0.772. The second kappa shape index (κ2) is 19.3. The number of aromatic nitrogens is 5. The topological polar surface area (TPSA) is 198 Å². The second-order valence-corrected chi connectivity index (χ2v) is 21.9. The van der Waals surface area contributed by atoms with Gasteiger partial charge in [-0.05, 0) is 119 Å². The maximum atomic E-state index is 17.0. The molecule has 4 amide bonds. The van der Waals surface area contributed by atoms with E-state index in [1.165, 1.54) is 25.2 Å². The van der Waals surface area contributed by atoms with Crippen molar-refractivity contribution in [1.82, 2.24) is 44.9 Å². The zero-order valence-electron chi connectivity index (χ0n) is 42.1. The lowest BCUT2D eigenvalue weighted by Gasteiger charge is -2.38. The molecule has 0 bridgehead atoms. The lowest BCUT2D eigenvalue weighted by Crippen LogP contribution is -2.55. The first kappa shape index (κ1) is 48.5. The molecule has 1 aliphatic carbocycles. The van der Waals surface area contributed by atoms with E-state index in [-0.39, 0.29) is 54.0 Å². The van der Waals surface area contributed by atoms with Crippen molar-refractivity contribution in [2.75, 3.05) is 20.8 Å². The monoisotopic (exact) mass is 1020 g/mol. The first-order valence-electron chi connectivity index (χ1n) is 25.5. The summed E-state index contributed by atoms with van der Waals surface area (Å²) in [5.74, 6) is 0.930. The number of hydrogen-bond donors (Lipinski definition) is 4. The predicted octanol–water partition coefficient (Wildman–Crippen LogP) is 9.43. The molecule has 4 fully saturated rings. The van der Waals surface area contributed by atoms with Crippen LogP contribution in [0, 0.1) is 23.6 Å². The van der Waals surface area contributed by atoms with Crippen LogP contribution in [-0.2, 0) is 30.2 Å². The number of aryl methyl sites for hydroxylation is 1. The number of amides is 4. The van der Waals surface area contributed by atoms with E-state index in [4.69, 9.17) is 28.9 Å². The van der Waals surface area contributed by atoms with E-state index in [1.807, 2.05) is 56.9 Å². The Morgan fingerprint density at radius 1 is 0.863 bits per heavy atom. The molecule has 4 aliphatic heterocycles. The van der Waals surface area contributed by atoms with Crippen LogP contribution < -0.4 is 15.4 Å². The Morgan fingerprint density at radius 3 is 2.27 bits per heavy atom. The summed E-state index contributed by atoms with van der Waals surface area (Å²) in [5, 5.41) is 6.47. The molecular formula is C54H62FN9O8S. The van der Waals surface area contributed by atoms with Gasteiger partial charge in [0.15, 0.2) is 0 Å². The minimum absolute atomic E-state index is 0.0471. The summed E-state index contributed by atoms with van der Waals surface area (Å²) in [6.45, 7) is 10.4. The Labute approximate surface area is 426 Å². The number of rotatable bonds is 12. The third kappa shape index (κ3) is 8.91. The number of halogens is 1. The Kier molecular flexibility index (Phi) is 12.8. The van der Waals surface area contributed by atoms with Crippen molar-refractivity contribution >= 4 is 46.2 Å². The van der Waals surface area contributed by atoms with Gasteiger partial charge in [0.05, 0.1) is 83.9 Å². The zero-order valence-corrected chi connectivity index (χ0v) is 42.9. The van der Waals surface area contributed by atoms with Gasteiger partial charge in [-0.25, -0.2) is 23.9 Å². The molecule has 11 rings (SSSR count). The van der Waals surface area contributed by atoms with Crippen molar-refractivity contribution in [2.24, 2.45) is 17.8 Å². The van der Waals surface area contributed by atoms with Crippen LogP contribution in [0.25, 0.3) is 44.7 Å². The minimum Gasteiger partial charge on any atom is -0.464 e. The third-order valence-corrected chi connectivity index (χ3v) is 16.8. The van der Waals surface area contributed by atoms with Gasteiger partial charge in [-0.2, -0.15) is 0 Å². The number of hydrogen-bond acceptors (Lipinski definition) is 11. The molecule has 8 heterocycles. The molecule has 6 aromatic rings. The molecule has 1 saturated carbocycles. The molecule has 4 N–H and O–H groups in total. The number of methoxy groups -OCH3 is 2. The number of thiophene rings is 1. The van der Waals surface area contributed by atoms with Gasteiger partial charge in [0.2, 0.25) is 18.0 Å². The summed E-state index contributed by atoms with van der Waals surface area (Å²) < 4.78 is 41.7. The van der Waals surface area contributed by atoms with Gasteiger partial charge in [0.25, 0.3) is 0 Å². The number of carbonyl (C=O) groups is 4. The van der Waals surface area contributed by atoms with Crippen molar-refractivity contribution in [1.29, 1.82) is 0 Å². The molecular weight excluding hydrogens is 954 g/mol. The van der Waals surface area contributed by atoms with Gasteiger partial charge in [0.1, 0.15) is 35.3 Å². The molecule has 9 unspecified atom stereocenters. The number of carbonyl (C=O) groups excluding carboxylic acids is 4. The average Bonchev–Trinajstić information content (AvgIpc) is 4.14. The lowest BCUT2D eigenvalue weighted by molar-refractivity contribution is -0.140. The summed E-state index contributed by atoms with van der Waals surface area (Å²) in [6, 6.07) is 13.6. The maximum absolute atomic E-state index is 17.0. The number of H-pyrrole nitrogens is 2. The smallest absolute Gasteiger partial charge is 0.407 e. The van der Waals surface area contributed by atoms with E-state index < -0.39 is 36.3 Å². The van der Waals surface area contributed by atoms with Crippen molar-refractivity contribution in [3.05, 3.63) is 88.1 Å². The lowest BCUT2D eigenvalue weighted by atomic mass is 9.85. The molecule has 73 heavy (non-hydrogen) atoms. The van der Waals surface area contributed by atoms with Crippen LogP contribution in [-0.4, -0.2) is 109 Å². The van der Waals surface area contributed by atoms with Crippen molar-refractivity contribution in [3.63, 3.8) is 0 Å². The largest absolute Gasteiger partial charge is 0.464 e. The van der Waals surface area contributed by atoms with Gasteiger partial charge in [0, 0.05) is 34.0 Å². The van der Waals surface area contributed by atoms with Gasteiger partial charge in [-0.3, -0.25) is 14.2 Å². The van der Waals surface area contributed by atoms with E-state index in [1.54, 1.807) is 28.6 Å². The SMILES string of the molecule is CCc1ccc(C2Oc3cc(-c4cnc(C5CCCN5C(=O)C(NC(=O)OC)C(C)C)[nH]4)cc(F)c3-c3cc4cc(-c5cnc(C6CC7CC7N6C(=O)C(NC(=O)OC)C6CC(C)OC(C)C6)[nH]5)ccc4n32)s1. The number of benzene rings is 2. The normalized spacial score (nSPS) is 24.9. The number of alkyl carbamates (subject to hydrolysis) is 2. The molecule has 3 saturated heterocycles. The second-order valence-electron chi connectivity index (χ2n) is 20.7. The van der Waals surface area contributed by atoms with E-state index >= 15 is 4.39 Å². The molecule has 0 spiro atoms. The standard InChI is InChI=1S/C54H62FN9O8S/c1-8-34-12-14-44(73-34)52-64-38-13-11-29(36-24-57-49(58-36)42-22-32-20-40(32)63(42)51(66)47(61-54(68)70-7)33-16-27(4)71-28(5)17-33)18-31(38)21-41(64)45-35(55)19-30(23-43(45)72-52)37-25-56-48(59-37)39-10-9-15-62(39)50(65)46(26(2)3)60-53(67)69-6/h11-14,18-19,21,23-28,32-33,39-40,42,46-47,52H,8-10,15-17,20,22H2,1-7H3,(H,56,59)(H,57,58)(H,60,67)(H,61,68). The first-order valence-corrected chi connectivity index (χ1v) is 26.3. The third-order valence-electron chi connectivity index (χ3n) is 15.6. The zero-order chi connectivity index (χ0) is 51.0. The van der Waals surface area contributed by atoms with E-state index in [0.29, 0.717) is 71.6 Å². The first-order chi connectivity index (χ1) is 35.2. The van der Waals surface area contributed by atoms with Crippen LogP contribution in [0.2, 0.25) is 0 Å². The van der Waals surface area contributed by atoms with Crippen LogP contribution >= 0.6 is 11.3 Å². The maximum Gasteiger partial charge on any atom is 0.407 e. The number of piperidine rings is 1. The van der Waals surface area contributed by atoms with E-state index in [2.05, 4.69) is 50.3 Å². The number of imidazole rings is 2. The number of likely N-dealkylation sites (tertiary alicyclic amines) is 2. The van der Waals surface area contributed by atoms with E-state index in [9.17, 15) is 19.2 Å². The number of ether oxygens (including phenoxy) is 4. The van der Waals surface area contributed by atoms with Gasteiger partial charge in [-0.15, -0.1) is 11.3 Å². The summed E-state index contributed by atoms with van der Waals surface area (Å²) >= 11 is 1.66. The van der Waals surface area contributed by atoms with Crippen LogP contribution in [0.1, 0.15) is 113 Å². The van der Waals surface area contributed by atoms with Crippen LogP contribution in [0.15, 0.2) is 60.9 Å². The highest BCUT2D eigenvalue weighted by atomic mass is 32.1. The van der Waals surface area contributed by atoms with Crippen molar-refractivity contribution < 1.29 is 42.5 Å². The Morgan fingerprint density at radius 2 is 1.58 bits per heavy atom. The summed E-state index contributed by atoms with van der Waals surface area (Å²) in [4.78, 5) is 75.8. The quantitative estimate of drug-likeness (QED) is 0.0916. The van der Waals surface area contributed by atoms with Crippen LogP contribution in [0.3, 0.4) is 0 Å². The molecule has 17 nitrogen and oxygen atoms in total. The van der Waals surface area contributed by atoms with Crippen molar-refractivity contribution in [2.45, 2.75) is 128 Å². The Bertz CT molecular complexity index is 3100.